The Morgan fingerprint density at radius 3 is 2.54 bits per heavy atom. The topological polar surface area (TPSA) is 90.9 Å². The number of aliphatic hydroxyl groups is 1. The molecule has 0 aromatic carbocycles. The number of oxime groups is 1. The summed E-state index contributed by atoms with van der Waals surface area (Å²) in [6.07, 6.45) is 0.465. The van der Waals surface area contributed by atoms with E-state index in [0.717, 1.165) is 0 Å². The van der Waals surface area contributed by atoms with Gasteiger partial charge >= 0.3 is 0 Å². The molecule has 5 N–H and O–H groups in total. The van der Waals surface area contributed by atoms with Gasteiger partial charge in [-0.3, -0.25) is 0 Å². The molecule has 0 radical (unpaired) electrons. The van der Waals surface area contributed by atoms with Crippen LogP contribution in [0.3, 0.4) is 0 Å². The van der Waals surface area contributed by atoms with Gasteiger partial charge < -0.3 is 21.4 Å². The fraction of sp³-hybridized carbons (Fsp3) is 0.875. The second kappa shape index (κ2) is 5.04. The maximum absolute atomic E-state index is 9.38. The summed E-state index contributed by atoms with van der Waals surface area (Å²) in [5.74, 6) is 0.191. The van der Waals surface area contributed by atoms with Crippen molar-refractivity contribution in [3.63, 3.8) is 0 Å². The van der Waals surface area contributed by atoms with Gasteiger partial charge in [0, 0.05) is 19.0 Å². The van der Waals surface area contributed by atoms with E-state index in [0.29, 0.717) is 13.0 Å². The van der Waals surface area contributed by atoms with Gasteiger partial charge in [0.15, 0.2) is 0 Å². The van der Waals surface area contributed by atoms with E-state index in [-0.39, 0.29) is 11.9 Å². The van der Waals surface area contributed by atoms with Crippen LogP contribution in [0.1, 0.15) is 27.2 Å². The normalized spacial score (nSPS) is 15.8. The van der Waals surface area contributed by atoms with Crippen LogP contribution in [0.25, 0.3) is 0 Å². The quantitative estimate of drug-likeness (QED) is 0.210. The van der Waals surface area contributed by atoms with Crippen molar-refractivity contribution in [1.29, 1.82) is 0 Å². The molecule has 0 fully saturated rings. The van der Waals surface area contributed by atoms with E-state index in [4.69, 9.17) is 10.9 Å². The second-order valence-corrected chi connectivity index (χ2v) is 3.89. The molecule has 0 rings (SSSR count). The molecule has 5 nitrogen and oxygen atoms in total. The third kappa shape index (κ3) is 7.55. The maximum atomic E-state index is 9.38. The lowest BCUT2D eigenvalue weighted by molar-refractivity contribution is 0.0772. The Labute approximate surface area is 78.6 Å². The van der Waals surface area contributed by atoms with Crippen LogP contribution in [0, 0.1) is 0 Å². The van der Waals surface area contributed by atoms with Gasteiger partial charge in [-0.15, -0.1) is 0 Å². The summed E-state index contributed by atoms with van der Waals surface area (Å²) in [6, 6.07) is 0.0855. The lowest BCUT2D eigenvalue weighted by Crippen LogP contribution is -2.40. The van der Waals surface area contributed by atoms with Crippen LogP contribution in [-0.2, 0) is 0 Å². The molecule has 0 aliphatic rings. The van der Waals surface area contributed by atoms with Crippen molar-refractivity contribution in [2.75, 3.05) is 6.54 Å². The first-order valence-electron chi connectivity index (χ1n) is 4.27. The highest BCUT2D eigenvalue weighted by atomic mass is 16.4. The summed E-state index contributed by atoms with van der Waals surface area (Å²) in [5, 5.41) is 23.6. The molecule has 0 bridgehead atoms. The number of nitrogens with one attached hydrogen (secondary N) is 1. The summed E-state index contributed by atoms with van der Waals surface area (Å²) in [6.45, 7) is 5.82. The Morgan fingerprint density at radius 1 is 1.62 bits per heavy atom. The van der Waals surface area contributed by atoms with Gasteiger partial charge in [-0.1, -0.05) is 5.16 Å². The van der Waals surface area contributed by atoms with Crippen molar-refractivity contribution in [2.45, 2.75) is 38.8 Å². The average Bonchev–Trinajstić information content (AvgIpc) is 1.99. The van der Waals surface area contributed by atoms with Crippen LogP contribution >= 0.6 is 0 Å². The number of hydrogen-bond donors (Lipinski definition) is 4. The van der Waals surface area contributed by atoms with Gasteiger partial charge in [0.05, 0.1) is 5.60 Å². The molecule has 0 aromatic heterocycles. The molecular formula is C8H19N3O2. The Balaban J connectivity index is 3.70. The number of nitrogens with zero attached hydrogens (tertiary/aromatic N) is 1. The molecule has 0 saturated carbocycles. The highest BCUT2D eigenvalue weighted by Gasteiger charge is 2.13. The summed E-state index contributed by atoms with van der Waals surface area (Å²) >= 11 is 0. The van der Waals surface area contributed by atoms with Gasteiger partial charge in [0.1, 0.15) is 5.84 Å². The fourth-order valence-corrected chi connectivity index (χ4v) is 0.851. The van der Waals surface area contributed by atoms with E-state index in [1.807, 2.05) is 6.92 Å². The molecule has 0 heterocycles. The number of amidine groups is 1. The zero-order valence-corrected chi connectivity index (χ0v) is 8.41. The zero-order chi connectivity index (χ0) is 10.5. The molecule has 78 valence electrons. The van der Waals surface area contributed by atoms with E-state index < -0.39 is 5.60 Å². The van der Waals surface area contributed by atoms with Crippen molar-refractivity contribution in [1.82, 2.24) is 5.32 Å². The Morgan fingerprint density at radius 2 is 2.15 bits per heavy atom. The number of nitrogens with two attached hydrogens (primary N) is 1. The predicted molar refractivity (Wildman–Crippen MR) is 51.8 cm³/mol. The zero-order valence-electron chi connectivity index (χ0n) is 8.41. The molecule has 0 amide bonds. The molecule has 13 heavy (non-hydrogen) atoms. The van der Waals surface area contributed by atoms with Crippen LogP contribution < -0.4 is 11.1 Å². The predicted octanol–water partition coefficient (Wildman–Crippen LogP) is -0.128. The molecule has 1 atom stereocenters. The highest BCUT2D eigenvalue weighted by molar-refractivity contribution is 5.80. The van der Waals surface area contributed by atoms with Crippen molar-refractivity contribution < 1.29 is 10.3 Å². The monoisotopic (exact) mass is 189 g/mol. The standard InChI is InChI=1S/C8H19N3O2/c1-6(4-7(9)11-13)10-5-8(2,3)12/h6,10,12-13H,4-5H2,1-3H3,(H2,9,11). The van der Waals surface area contributed by atoms with Gasteiger partial charge in [0.2, 0.25) is 0 Å². The van der Waals surface area contributed by atoms with Crippen LogP contribution in [0.4, 0.5) is 0 Å². The molecule has 0 saturated heterocycles. The minimum absolute atomic E-state index is 0.0855. The lowest BCUT2D eigenvalue weighted by Gasteiger charge is -2.21. The van der Waals surface area contributed by atoms with Crippen LogP contribution in [0.5, 0.6) is 0 Å². The first-order valence-corrected chi connectivity index (χ1v) is 4.27. The Kier molecular flexibility index (Phi) is 4.72. The van der Waals surface area contributed by atoms with Crippen LogP contribution in [-0.4, -0.2) is 34.3 Å². The van der Waals surface area contributed by atoms with E-state index in [1.165, 1.54) is 0 Å². The average molecular weight is 189 g/mol. The second-order valence-electron chi connectivity index (χ2n) is 3.89. The third-order valence-corrected chi connectivity index (χ3v) is 1.53. The minimum Gasteiger partial charge on any atom is -0.409 e. The lowest BCUT2D eigenvalue weighted by atomic mass is 10.1. The van der Waals surface area contributed by atoms with Gasteiger partial charge in [0.25, 0.3) is 0 Å². The molecule has 0 spiro atoms. The minimum atomic E-state index is -0.737. The number of hydrogen-bond acceptors (Lipinski definition) is 4. The third-order valence-electron chi connectivity index (χ3n) is 1.53. The SMILES string of the molecule is CC(CC(N)=NO)NCC(C)(C)O. The van der Waals surface area contributed by atoms with Crippen molar-refractivity contribution in [3.8, 4) is 0 Å². The van der Waals surface area contributed by atoms with E-state index in [9.17, 15) is 5.11 Å². The largest absolute Gasteiger partial charge is 0.409 e. The van der Waals surface area contributed by atoms with Gasteiger partial charge in [-0.05, 0) is 20.8 Å². The van der Waals surface area contributed by atoms with Gasteiger partial charge in [-0.2, -0.15) is 0 Å². The smallest absolute Gasteiger partial charge is 0.140 e. The van der Waals surface area contributed by atoms with E-state index in [1.54, 1.807) is 13.8 Å². The first kappa shape index (κ1) is 12.2. The Bertz CT molecular complexity index is 175. The summed E-state index contributed by atoms with van der Waals surface area (Å²) in [7, 11) is 0. The molecule has 1 unspecified atom stereocenters. The molecular weight excluding hydrogens is 170 g/mol. The van der Waals surface area contributed by atoms with Gasteiger partial charge in [-0.25, -0.2) is 0 Å². The molecule has 0 aliphatic heterocycles. The summed E-state index contributed by atoms with van der Waals surface area (Å²) < 4.78 is 0. The highest BCUT2D eigenvalue weighted by Crippen LogP contribution is 1.99. The summed E-state index contributed by atoms with van der Waals surface area (Å²) in [4.78, 5) is 0. The summed E-state index contributed by atoms with van der Waals surface area (Å²) in [5.41, 5.74) is 4.57. The molecule has 5 heteroatoms. The van der Waals surface area contributed by atoms with E-state index in [2.05, 4.69) is 10.5 Å². The van der Waals surface area contributed by atoms with Crippen LogP contribution in [0.15, 0.2) is 5.16 Å². The fourth-order valence-electron chi connectivity index (χ4n) is 0.851. The number of rotatable bonds is 5. The van der Waals surface area contributed by atoms with Crippen molar-refractivity contribution >= 4 is 5.84 Å². The first-order chi connectivity index (χ1) is 5.85. The molecule has 0 aromatic rings. The maximum Gasteiger partial charge on any atom is 0.140 e. The van der Waals surface area contributed by atoms with Crippen molar-refractivity contribution in [3.05, 3.63) is 0 Å². The molecule has 0 aliphatic carbocycles. The van der Waals surface area contributed by atoms with Crippen molar-refractivity contribution in [2.24, 2.45) is 10.9 Å². The van der Waals surface area contributed by atoms with Crippen LogP contribution in [0.2, 0.25) is 0 Å². The Hall–Kier alpha value is -0.810. The van der Waals surface area contributed by atoms with E-state index >= 15 is 0 Å².